The van der Waals surface area contributed by atoms with Gasteiger partial charge in [0.25, 0.3) is 6.43 Å². The number of halogens is 3. The van der Waals surface area contributed by atoms with E-state index in [1.54, 1.807) is 29.7 Å². The third-order valence-corrected chi connectivity index (χ3v) is 12.9. The Balaban J connectivity index is 0.000000184. The Labute approximate surface area is 432 Å². The van der Waals surface area contributed by atoms with Gasteiger partial charge in [-0.2, -0.15) is 0 Å². The van der Waals surface area contributed by atoms with E-state index < -0.39 is 6.43 Å². The number of nitrogens with one attached hydrogen (secondary N) is 4. The molecule has 0 bridgehead atoms. The zero-order chi connectivity index (χ0) is 52.1. The molecule has 5 aromatic carbocycles. The van der Waals surface area contributed by atoms with E-state index in [4.69, 9.17) is 9.97 Å². The number of hydrogen-bond donors (Lipinski definition) is 4. The lowest BCUT2D eigenvalue weighted by molar-refractivity contribution is -0.112. The number of piperazine rings is 2. The summed E-state index contributed by atoms with van der Waals surface area (Å²) in [6.45, 7) is 13.2. The molecular weight excluding hydrogens is 956 g/mol. The summed E-state index contributed by atoms with van der Waals surface area (Å²) < 4.78 is 37.9. The topological polar surface area (TPSA) is 160 Å². The van der Waals surface area contributed by atoms with Gasteiger partial charge in [0, 0.05) is 133 Å². The summed E-state index contributed by atoms with van der Waals surface area (Å²) >= 11 is 0. The van der Waals surface area contributed by atoms with E-state index in [-0.39, 0.29) is 25.0 Å². The van der Waals surface area contributed by atoms with Crippen LogP contribution in [0.3, 0.4) is 0 Å². The van der Waals surface area contributed by atoms with Crippen molar-refractivity contribution in [3.8, 4) is 22.3 Å². The first kappa shape index (κ1) is 51.2. The zero-order valence-electron chi connectivity index (χ0n) is 41.2. The molecule has 4 N–H and O–H groups in total. The van der Waals surface area contributed by atoms with Gasteiger partial charge in [0.05, 0.1) is 29.5 Å². The van der Waals surface area contributed by atoms with Gasteiger partial charge in [0.15, 0.2) is 0 Å². The number of pyridine rings is 1. The molecule has 5 heterocycles. The number of carbonyl (C=O) groups is 2. The molecule has 0 atom stereocenters. The van der Waals surface area contributed by atoms with Crippen molar-refractivity contribution in [2.45, 2.75) is 6.43 Å². The number of para-hydroxylation sites is 2. The Hall–Kier alpha value is -8.74. The number of aromatic nitrogens is 5. The lowest BCUT2D eigenvalue weighted by Gasteiger charge is -2.35. The van der Waals surface area contributed by atoms with E-state index in [2.05, 4.69) is 76.2 Å². The van der Waals surface area contributed by atoms with Gasteiger partial charge in [0.2, 0.25) is 23.7 Å². The quantitative estimate of drug-likeness (QED) is 0.0678. The first-order chi connectivity index (χ1) is 36.6. The number of hydrogen-bond acceptors (Lipinski definition) is 13. The Morgan fingerprint density at radius 1 is 0.560 bits per heavy atom. The van der Waals surface area contributed by atoms with E-state index in [0.717, 1.165) is 93.0 Å². The molecule has 0 aliphatic carbocycles. The highest BCUT2D eigenvalue weighted by Crippen LogP contribution is 2.32. The van der Waals surface area contributed by atoms with Gasteiger partial charge in [-0.25, -0.2) is 33.1 Å². The summed E-state index contributed by atoms with van der Waals surface area (Å²) in [6.07, 6.45) is 7.06. The number of rotatable bonds is 16. The molecular formula is C57H56F3N13O2. The van der Waals surface area contributed by atoms with Crippen LogP contribution in [0.5, 0.6) is 0 Å². The fourth-order valence-electron chi connectivity index (χ4n) is 9.01. The van der Waals surface area contributed by atoms with E-state index in [1.165, 1.54) is 12.2 Å². The molecule has 2 aliphatic rings. The van der Waals surface area contributed by atoms with E-state index in [0.29, 0.717) is 56.0 Å². The minimum Gasteiger partial charge on any atom is -0.369 e. The monoisotopic (exact) mass is 1010 g/mol. The average Bonchev–Trinajstić information content (AvgIpc) is 3.44. The van der Waals surface area contributed by atoms with Crippen molar-refractivity contribution < 1.29 is 22.8 Å². The Kier molecular flexibility index (Phi) is 16.6. The Morgan fingerprint density at radius 2 is 1.05 bits per heavy atom. The van der Waals surface area contributed by atoms with Crippen LogP contribution in [0.15, 0.2) is 165 Å². The van der Waals surface area contributed by atoms with Crippen LogP contribution in [0.1, 0.15) is 0 Å². The predicted molar refractivity (Wildman–Crippen MR) is 294 cm³/mol. The largest absolute Gasteiger partial charge is 0.369 e. The number of amides is 2. The van der Waals surface area contributed by atoms with Crippen LogP contribution < -0.4 is 31.1 Å². The fourth-order valence-corrected chi connectivity index (χ4v) is 9.01. The molecule has 2 fully saturated rings. The van der Waals surface area contributed by atoms with E-state index >= 15 is 0 Å². The van der Waals surface area contributed by atoms with Gasteiger partial charge >= 0.3 is 0 Å². The highest BCUT2D eigenvalue weighted by Gasteiger charge is 2.21. The van der Waals surface area contributed by atoms with Crippen molar-refractivity contribution in [1.29, 1.82) is 0 Å². The van der Waals surface area contributed by atoms with Gasteiger partial charge in [-0.3, -0.25) is 24.4 Å². The number of benzene rings is 5. The van der Waals surface area contributed by atoms with Crippen molar-refractivity contribution in [2.24, 2.45) is 0 Å². The third kappa shape index (κ3) is 13.3. The maximum atomic E-state index is 12.6. The molecule has 75 heavy (non-hydrogen) atoms. The Bertz CT molecular complexity index is 3270. The maximum Gasteiger partial charge on any atom is 0.251 e. The van der Waals surface area contributed by atoms with Crippen molar-refractivity contribution in [2.75, 3.05) is 103 Å². The number of anilines is 8. The van der Waals surface area contributed by atoms with Gasteiger partial charge in [0.1, 0.15) is 6.67 Å². The average molecular weight is 1010 g/mol. The number of carbonyl (C=O) groups excluding carboxylic acids is 2. The normalized spacial score (nSPS) is 14.0. The van der Waals surface area contributed by atoms with Crippen molar-refractivity contribution in [3.05, 3.63) is 165 Å². The van der Waals surface area contributed by atoms with Crippen LogP contribution in [-0.4, -0.2) is 125 Å². The van der Waals surface area contributed by atoms with Crippen LogP contribution in [-0.2, 0) is 9.59 Å². The first-order valence-corrected chi connectivity index (χ1v) is 24.6. The summed E-state index contributed by atoms with van der Waals surface area (Å²) in [4.78, 5) is 54.7. The van der Waals surface area contributed by atoms with Gasteiger partial charge in [-0.1, -0.05) is 61.7 Å². The van der Waals surface area contributed by atoms with Gasteiger partial charge in [-0.15, -0.1) is 0 Å². The minimum absolute atomic E-state index is 0.165. The smallest absolute Gasteiger partial charge is 0.251 e. The molecule has 382 valence electrons. The molecule has 8 aromatic rings. The molecule has 0 saturated carbocycles. The third-order valence-electron chi connectivity index (χ3n) is 12.9. The molecule has 2 saturated heterocycles. The Morgan fingerprint density at radius 3 is 1.57 bits per heavy atom. The summed E-state index contributed by atoms with van der Waals surface area (Å²) in [6, 6.07) is 37.3. The summed E-state index contributed by atoms with van der Waals surface area (Å²) in [5, 5.41) is 13.9. The van der Waals surface area contributed by atoms with Crippen molar-refractivity contribution in [3.63, 3.8) is 0 Å². The number of nitrogens with zero attached hydrogens (tertiary/aromatic N) is 9. The highest BCUT2D eigenvalue weighted by atomic mass is 19.3. The summed E-state index contributed by atoms with van der Waals surface area (Å²) in [7, 11) is 0. The lowest BCUT2D eigenvalue weighted by atomic mass is 10.0. The van der Waals surface area contributed by atoms with Crippen LogP contribution in [0.2, 0.25) is 0 Å². The van der Waals surface area contributed by atoms with E-state index in [9.17, 15) is 22.8 Å². The predicted octanol–water partition coefficient (Wildman–Crippen LogP) is 10.2. The minimum atomic E-state index is -2.30. The molecule has 18 heteroatoms. The lowest BCUT2D eigenvalue weighted by Crippen LogP contribution is -2.47. The second kappa shape index (κ2) is 24.3. The van der Waals surface area contributed by atoms with Crippen LogP contribution in [0, 0.1) is 0 Å². The highest BCUT2D eigenvalue weighted by molar-refractivity contribution is 6.01. The SMILES string of the molecule is C=CC(=O)Nc1cccc(-c2cccc3cnc(Nc4ccc(N5CCN(CC(F)F)CC5)cc4)nc23)c1.C=CC(=O)Nc1cncc(-c2cccc3cnc(Nc4ccc(N5CCN(CCF)CC5)cc4)nc23)c1. The maximum absolute atomic E-state index is 12.6. The molecule has 2 amide bonds. The molecule has 0 radical (unpaired) electrons. The van der Waals surface area contributed by atoms with Gasteiger partial charge in [-0.05, 0) is 84.4 Å². The van der Waals surface area contributed by atoms with Crippen LogP contribution in [0.4, 0.5) is 59.2 Å². The standard InChI is InChI=1S/C29H28F2N6O.C28H28FN7O/c1-2-27(38)33-23-7-3-5-20(17-23)25-8-4-6-21-18-32-29(35-28(21)25)34-22-9-11-24(12-10-22)37-15-13-36(14-16-37)19-26(30)31;1-2-26(37)32-23-16-21(17-30-19-23)25-5-3-4-20-18-31-28(34-27(20)25)33-22-6-8-24(9-7-22)36-14-12-35(11-10-29)13-15-36/h2-12,17-18,26H,1,13-16,19H2,(H,33,38)(H,32,34,35);2-9,16-19H,1,10-15H2,(H,32,37)(H,31,33,34). The summed E-state index contributed by atoms with van der Waals surface area (Å²) in [5.74, 6) is 0.385. The van der Waals surface area contributed by atoms with Crippen LogP contribution in [0.25, 0.3) is 44.1 Å². The molecule has 0 spiro atoms. The zero-order valence-corrected chi connectivity index (χ0v) is 41.2. The van der Waals surface area contributed by atoms with Crippen molar-refractivity contribution >= 4 is 79.6 Å². The summed E-state index contributed by atoms with van der Waals surface area (Å²) in [5.41, 5.74) is 10.3. The number of alkyl halides is 3. The molecule has 0 unspecified atom stereocenters. The molecule has 10 rings (SSSR count). The number of fused-ring (bicyclic) bond motifs is 2. The molecule has 2 aliphatic heterocycles. The van der Waals surface area contributed by atoms with Crippen molar-refractivity contribution in [1.82, 2.24) is 34.7 Å². The van der Waals surface area contributed by atoms with Gasteiger partial charge < -0.3 is 31.1 Å². The molecule has 3 aromatic heterocycles. The second-order valence-electron chi connectivity index (χ2n) is 17.8. The molecule has 15 nitrogen and oxygen atoms in total. The van der Waals surface area contributed by atoms with Crippen LogP contribution >= 0.6 is 0 Å². The second-order valence-corrected chi connectivity index (χ2v) is 17.8. The fraction of sp³-hybridized carbons (Fsp3) is 0.211. The van der Waals surface area contributed by atoms with E-state index in [1.807, 2.05) is 103 Å². The first-order valence-electron chi connectivity index (χ1n) is 24.6.